The van der Waals surface area contributed by atoms with Crippen molar-refractivity contribution in [3.05, 3.63) is 55.0 Å². The molecule has 0 unspecified atom stereocenters. The van der Waals surface area contributed by atoms with Crippen LogP contribution in [-0.4, -0.2) is 43.6 Å². The fraction of sp³-hybridized carbons (Fsp3) is 0.190. The molecule has 0 aliphatic carbocycles. The number of carbonyl (C=O) groups is 1. The van der Waals surface area contributed by atoms with Crippen LogP contribution in [0.5, 0.6) is 5.75 Å². The average molecular weight is 403 g/mol. The molecule has 0 atom stereocenters. The van der Waals surface area contributed by atoms with Crippen molar-refractivity contribution in [2.75, 3.05) is 18.5 Å². The third kappa shape index (κ3) is 4.35. The molecule has 0 aliphatic heterocycles. The monoisotopic (exact) mass is 403 g/mol. The lowest BCUT2D eigenvalue weighted by Gasteiger charge is -2.08. The molecule has 4 rings (SSSR count). The van der Waals surface area contributed by atoms with E-state index in [4.69, 9.17) is 4.74 Å². The van der Waals surface area contributed by atoms with E-state index in [2.05, 4.69) is 30.6 Å². The molecule has 1 amide bonds. The highest BCUT2D eigenvalue weighted by Crippen LogP contribution is 2.23. The normalized spacial score (nSPS) is 10.7. The highest BCUT2D eigenvalue weighted by atomic mass is 16.5. The topological polar surface area (TPSA) is 107 Å². The van der Waals surface area contributed by atoms with Gasteiger partial charge in [-0.3, -0.25) is 9.78 Å². The van der Waals surface area contributed by atoms with E-state index >= 15 is 0 Å². The number of rotatable bonds is 7. The average Bonchev–Trinajstić information content (AvgIpc) is 3.09. The van der Waals surface area contributed by atoms with E-state index in [9.17, 15) is 4.79 Å². The molecule has 0 spiro atoms. The molecule has 0 radical (unpaired) electrons. The summed E-state index contributed by atoms with van der Waals surface area (Å²) < 4.78 is 7.52. The van der Waals surface area contributed by atoms with Gasteiger partial charge in [-0.1, -0.05) is 0 Å². The number of nitrogens with zero attached hydrogens (tertiary/aromatic N) is 5. The third-order valence-corrected chi connectivity index (χ3v) is 4.41. The minimum atomic E-state index is -0.0727. The van der Waals surface area contributed by atoms with Crippen molar-refractivity contribution in [3.63, 3.8) is 0 Å². The summed E-state index contributed by atoms with van der Waals surface area (Å²) in [6.07, 6.45) is 5.18. The van der Waals surface area contributed by atoms with Crippen LogP contribution in [-0.2, 0) is 11.8 Å². The summed E-state index contributed by atoms with van der Waals surface area (Å²) in [5.74, 6) is 1.93. The molecule has 1 aromatic carbocycles. The SMILES string of the molecule is CC(=O)NCCOc1ccc(Nc2ncc3nc(-c4ccncc4)n(C)c3n2)cc1. The Bertz CT molecular complexity index is 1160. The Hall–Kier alpha value is -4.01. The fourth-order valence-electron chi connectivity index (χ4n) is 2.96. The van der Waals surface area contributed by atoms with E-state index in [0.29, 0.717) is 19.1 Å². The Labute approximate surface area is 173 Å². The van der Waals surface area contributed by atoms with E-state index in [1.165, 1.54) is 6.92 Å². The molecule has 4 aromatic rings. The Morgan fingerprint density at radius 2 is 1.87 bits per heavy atom. The van der Waals surface area contributed by atoms with Crippen LogP contribution in [0, 0.1) is 0 Å². The fourth-order valence-corrected chi connectivity index (χ4v) is 2.96. The number of imidazole rings is 1. The molecule has 0 bridgehead atoms. The van der Waals surface area contributed by atoms with E-state index in [0.717, 1.165) is 34.0 Å². The van der Waals surface area contributed by atoms with Crippen LogP contribution in [0.3, 0.4) is 0 Å². The number of aryl methyl sites for hydroxylation is 1. The maximum Gasteiger partial charge on any atom is 0.229 e. The van der Waals surface area contributed by atoms with Gasteiger partial charge < -0.3 is 19.9 Å². The van der Waals surface area contributed by atoms with Crippen molar-refractivity contribution in [1.82, 2.24) is 29.8 Å². The first-order chi connectivity index (χ1) is 14.6. The van der Waals surface area contributed by atoms with Gasteiger partial charge in [-0.2, -0.15) is 4.98 Å². The summed E-state index contributed by atoms with van der Waals surface area (Å²) in [6, 6.07) is 11.3. The number of carbonyl (C=O) groups excluding carboxylic acids is 1. The second-order valence-corrected chi connectivity index (χ2v) is 6.61. The lowest BCUT2D eigenvalue weighted by atomic mass is 10.2. The zero-order chi connectivity index (χ0) is 20.9. The van der Waals surface area contributed by atoms with Gasteiger partial charge in [0.2, 0.25) is 11.9 Å². The molecule has 2 N–H and O–H groups in total. The number of anilines is 2. The smallest absolute Gasteiger partial charge is 0.229 e. The van der Waals surface area contributed by atoms with Crippen LogP contribution in [0.25, 0.3) is 22.6 Å². The van der Waals surface area contributed by atoms with Gasteiger partial charge in [0.05, 0.1) is 12.7 Å². The molecular formula is C21H21N7O2. The van der Waals surface area contributed by atoms with Crippen molar-refractivity contribution in [2.24, 2.45) is 7.05 Å². The van der Waals surface area contributed by atoms with E-state index < -0.39 is 0 Å². The van der Waals surface area contributed by atoms with E-state index in [1.807, 2.05) is 48.0 Å². The zero-order valence-electron chi connectivity index (χ0n) is 16.7. The van der Waals surface area contributed by atoms with Crippen LogP contribution in [0.1, 0.15) is 6.92 Å². The first-order valence-electron chi connectivity index (χ1n) is 9.44. The van der Waals surface area contributed by atoms with Crippen molar-refractivity contribution in [2.45, 2.75) is 6.92 Å². The molecule has 3 aromatic heterocycles. The van der Waals surface area contributed by atoms with Gasteiger partial charge in [-0.05, 0) is 36.4 Å². The predicted octanol–water partition coefficient (Wildman–Crippen LogP) is 2.68. The largest absolute Gasteiger partial charge is 0.492 e. The van der Waals surface area contributed by atoms with Gasteiger partial charge in [0.1, 0.15) is 23.7 Å². The molecule has 9 nitrogen and oxygen atoms in total. The van der Waals surface area contributed by atoms with E-state index in [1.54, 1.807) is 18.6 Å². The maximum atomic E-state index is 10.9. The number of benzene rings is 1. The molecule has 3 heterocycles. The number of fused-ring (bicyclic) bond motifs is 1. The Balaban J connectivity index is 1.46. The van der Waals surface area contributed by atoms with Crippen LogP contribution in [0.4, 0.5) is 11.6 Å². The van der Waals surface area contributed by atoms with E-state index in [-0.39, 0.29) is 5.91 Å². The number of pyridine rings is 1. The molecule has 0 saturated carbocycles. The molecule has 30 heavy (non-hydrogen) atoms. The Kier molecular flexibility index (Phi) is 5.51. The predicted molar refractivity (Wildman–Crippen MR) is 113 cm³/mol. The minimum absolute atomic E-state index is 0.0727. The highest BCUT2D eigenvalue weighted by Gasteiger charge is 2.12. The third-order valence-electron chi connectivity index (χ3n) is 4.41. The number of amides is 1. The quantitative estimate of drug-likeness (QED) is 0.457. The second-order valence-electron chi connectivity index (χ2n) is 6.61. The van der Waals surface area contributed by atoms with Crippen LogP contribution < -0.4 is 15.4 Å². The standard InChI is InChI=1S/C21H21N7O2/c1-14(29)23-11-12-30-17-5-3-16(4-6-17)25-21-24-13-18-20(27-21)28(2)19(26-18)15-7-9-22-10-8-15/h3-10,13H,11-12H2,1-2H3,(H,23,29)(H,24,25,27). The summed E-state index contributed by atoms with van der Waals surface area (Å²) in [4.78, 5) is 28.5. The number of aromatic nitrogens is 5. The van der Waals surface area contributed by atoms with Gasteiger partial charge in [0.15, 0.2) is 5.65 Å². The van der Waals surface area contributed by atoms with Crippen LogP contribution >= 0.6 is 0 Å². The van der Waals surface area contributed by atoms with Crippen molar-refractivity contribution in [3.8, 4) is 17.1 Å². The first kappa shape index (κ1) is 19.3. The Morgan fingerprint density at radius 3 is 2.60 bits per heavy atom. The van der Waals surface area contributed by atoms with Gasteiger partial charge >= 0.3 is 0 Å². The van der Waals surface area contributed by atoms with Crippen LogP contribution in [0.2, 0.25) is 0 Å². The van der Waals surface area contributed by atoms with Crippen LogP contribution in [0.15, 0.2) is 55.0 Å². The molecule has 0 aliphatic rings. The van der Waals surface area contributed by atoms with Crippen molar-refractivity contribution >= 4 is 28.7 Å². The number of nitrogens with one attached hydrogen (secondary N) is 2. The number of ether oxygens (including phenoxy) is 1. The Morgan fingerprint density at radius 1 is 1.10 bits per heavy atom. The molecule has 0 saturated heterocycles. The van der Waals surface area contributed by atoms with Gasteiger partial charge in [-0.25, -0.2) is 9.97 Å². The number of hydrogen-bond acceptors (Lipinski definition) is 7. The maximum absolute atomic E-state index is 10.9. The summed E-state index contributed by atoms with van der Waals surface area (Å²) in [6.45, 7) is 2.35. The lowest BCUT2D eigenvalue weighted by molar-refractivity contribution is -0.119. The highest BCUT2D eigenvalue weighted by molar-refractivity contribution is 5.77. The first-order valence-corrected chi connectivity index (χ1v) is 9.44. The molecule has 152 valence electrons. The number of hydrogen-bond donors (Lipinski definition) is 2. The van der Waals surface area contributed by atoms with Crippen molar-refractivity contribution in [1.29, 1.82) is 0 Å². The molecular weight excluding hydrogens is 382 g/mol. The van der Waals surface area contributed by atoms with Gasteiger partial charge in [-0.15, -0.1) is 0 Å². The summed E-state index contributed by atoms with van der Waals surface area (Å²) >= 11 is 0. The summed E-state index contributed by atoms with van der Waals surface area (Å²) in [7, 11) is 1.93. The zero-order valence-corrected chi connectivity index (χ0v) is 16.7. The molecule has 9 heteroatoms. The molecule has 0 fully saturated rings. The summed E-state index contributed by atoms with van der Waals surface area (Å²) in [5, 5.41) is 5.88. The van der Waals surface area contributed by atoms with Gasteiger partial charge in [0.25, 0.3) is 0 Å². The summed E-state index contributed by atoms with van der Waals surface area (Å²) in [5.41, 5.74) is 3.25. The minimum Gasteiger partial charge on any atom is -0.492 e. The van der Waals surface area contributed by atoms with Gasteiger partial charge in [0, 0.05) is 37.6 Å². The van der Waals surface area contributed by atoms with Crippen molar-refractivity contribution < 1.29 is 9.53 Å². The lowest BCUT2D eigenvalue weighted by Crippen LogP contribution is -2.25. The second kappa shape index (κ2) is 8.56.